The van der Waals surface area contributed by atoms with Crippen molar-refractivity contribution in [2.45, 2.75) is 13.0 Å². The van der Waals surface area contributed by atoms with Crippen molar-refractivity contribution in [1.29, 1.82) is 0 Å². The molecule has 146 valence electrons. The average molecular weight is 383 g/mol. The van der Waals surface area contributed by atoms with E-state index < -0.39 is 23.5 Å². The van der Waals surface area contributed by atoms with E-state index in [0.29, 0.717) is 18.7 Å². The van der Waals surface area contributed by atoms with Crippen molar-refractivity contribution in [2.24, 2.45) is 0 Å². The number of likely N-dealkylation sites (tertiary alicyclic amines) is 1. The first-order chi connectivity index (χ1) is 13.3. The number of quaternary nitrogens is 1. The first-order valence-corrected chi connectivity index (χ1v) is 9.19. The SMILES string of the molecule is Cc1ccc([C@@H]2C(=C(O)c3ccc(F)cc3)C(=O)C(=O)N2CC[NH+](C)C)cc1. The summed E-state index contributed by atoms with van der Waals surface area (Å²) in [5.41, 5.74) is 2.14. The van der Waals surface area contributed by atoms with Gasteiger partial charge in [0.1, 0.15) is 11.6 Å². The lowest BCUT2D eigenvalue weighted by atomic mass is 9.95. The fourth-order valence-corrected chi connectivity index (χ4v) is 3.31. The van der Waals surface area contributed by atoms with Crippen molar-refractivity contribution >= 4 is 17.4 Å². The first-order valence-electron chi connectivity index (χ1n) is 9.19. The zero-order valence-corrected chi connectivity index (χ0v) is 16.2. The third-order valence-corrected chi connectivity index (χ3v) is 4.90. The summed E-state index contributed by atoms with van der Waals surface area (Å²) in [5.74, 6) is -2.08. The highest BCUT2D eigenvalue weighted by molar-refractivity contribution is 6.46. The number of amides is 1. The Kier molecular flexibility index (Phi) is 5.61. The van der Waals surface area contributed by atoms with Crippen LogP contribution in [0, 0.1) is 12.7 Å². The van der Waals surface area contributed by atoms with Crippen LogP contribution in [0.2, 0.25) is 0 Å². The predicted molar refractivity (Wildman–Crippen MR) is 104 cm³/mol. The summed E-state index contributed by atoms with van der Waals surface area (Å²) in [5, 5.41) is 10.8. The molecule has 1 heterocycles. The van der Waals surface area contributed by atoms with Crippen LogP contribution in [0.4, 0.5) is 4.39 Å². The minimum atomic E-state index is -0.721. The van der Waals surface area contributed by atoms with Gasteiger partial charge < -0.3 is 14.9 Å². The Bertz CT molecular complexity index is 918. The fraction of sp³-hybridized carbons (Fsp3) is 0.273. The van der Waals surface area contributed by atoms with E-state index in [2.05, 4.69) is 0 Å². The number of nitrogens with zero attached hydrogens (tertiary/aromatic N) is 1. The van der Waals surface area contributed by atoms with E-state index in [9.17, 15) is 19.1 Å². The number of hydrogen-bond donors (Lipinski definition) is 2. The van der Waals surface area contributed by atoms with Gasteiger partial charge in [0.25, 0.3) is 11.7 Å². The van der Waals surface area contributed by atoms with E-state index in [1.807, 2.05) is 45.3 Å². The molecule has 1 atom stereocenters. The minimum Gasteiger partial charge on any atom is -0.507 e. The lowest BCUT2D eigenvalue weighted by Gasteiger charge is -2.25. The number of aliphatic hydroxyl groups is 1. The van der Waals surface area contributed by atoms with E-state index >= 15 is 0 Å². The van der Waals surface area contributed by atoms with E-state index in [1.165, 1.54) is 29.2 Å². The van der Waals surface area contributed by atoms with Gasteiger partial charge >= 0.3 is 0 Å². The second-order valence-corrected chi connectivity index (χ2v) is 7.37. The van der Waals surface area contributed by atoms with Gasteiger partial charge in [0.05, 0.1) is 38.8 Å². The van der Waals surface area contributed by atoms with Gasteiger partial charge in [-0.05, 0) is 36.8 Å². The van der Waals surface area contributed by atoms with Crippen LogP contribution in [0.25, 0.3) is 5.76 Å². The molecule has 0 bridgehead atoms. The Morgan fingerprint density at radius 2 is 1.68 bits per heavy atom. The normalized spacial score (nSPS) is 18.9. The highest BCUT2D eigenvalue weighted by Crippen LogP contribution is 2.39. The smallest absolute Gasteiger partial charge is 0.295 e. The second-order valence-electron chi connectivity index (χ2n) is 7.37. The Hall–Kier alpha value is -2.99. The van der Waals surface area contributed by atoms with E-state index in [4.69, 9.17) is 0 Å². The molecule has 0 spiro atoms. The third kappa shape index (κ3) is 3.82. The number of halogens is 1. The summed E-state index contributed by atoms with van der Waals surface area (Å²) in [6, 6.07) is 12.1. The van der Waals surface area contributed by atoms with Crippen LogP contribution < -0.4 is 4.90 Å². The van der Waals surface area contributed by atoms with Crippen LogP contribution in [0.5, 0.6) is 0 Å². The molecular formula is C22H24FN2O3+. The Morgan fingerprint density at radius 3 is 2.25 bits per heavy atom. The van der Waals surface area contributed by atoms with Crippen LogP contribution in [0.3, 0.4) is 0 Å². The van der Waals surface area contributed by atoms with Gasteiger partial charge in [-0.2, -0.15) is 0 Å². The molecule has 0 aliphatic carbocycles. The number of aryl methyl sites for hydroxylation is 1. The molecule has 28 heavy (non-hydrogen) atoms. The molecule has 1 aliphatic rings. The molecule has 2 N–H and O–H groups in total. The van der Waals surface area contributed by atoms with Gasteiger partial charge in [0, 0.05) is 5.56 Å². The van der Waals surface area contributed by atoms with Crippen LogP contribution in [0.1, 0.15) is 22.7 Å². The van der Waals surface area contributed by atoms with Gasteiger partial charge in [-0.25, -0.2) is 4.39 Å². The number of Topliss-reactive ketones (excluding diaryl/α,β-unsaturated/α-hetero) is 1. The zero-order chi connectivity index (χ0) is 20.4. The quantitative estimate of drug-likeness (QED) is 0.469. The molecule has 0 radical (unpaired) electrons. The Labute approximate surface area is 163 Å². The third-order valence-electron chi connectivity index (χ3n) is 4.90. The number of carbonyl (C=O) groups is 2. The van der Waals surface area contributed by atoms with Crippen molar-refractivity contribution in [2.75, 3.05) is 27.2 Å². The van der Waals surface area contributed by atoms with Crippen molar-refractivity contribution in [3.05, 3.63) is 76.6 Å². The molecule has 1 amide bonds. The van der Waals surface area contributed by atoms with Gasteiger partial charge in [0.2, 0.25) is 0 Å². The molecule has 2 aromatic carbocycles. The van der Waals surface area contributed by atoms with Crippen molar-refractivity contribution < 1.29 is 24.0 Å². The van der Waals surface area contributed by atoms with Gasteiger partial charge in [-0.1, -0.05) is 29.8 Å². The highest BCUT2D eigenvalue weighted by atomic mass is 19.1. The maximum absolute atomic E-state index is 13.3. The van der Waals surface area contributed by atoms with Gasteiger partial charge in [-0.15, -0.1) is 0 Å². The summed E-state index contributed by atoms with van der Waals surface area (Å²) in [6.45, 7) is 2.99. The summed E-state index contributed by atoms with van der Waals surface area (Å²) in [4.78, 5) is 28.2. The molecule has 5 nitrogen and oxygen atoms in total. The number of carbonyl (C=O) groups excluding carboxylic acids is 2. The lowest BCUT2D eigenvalue weighted by molar-refractivity contribution is -0.857. The van der Waals surface area contributed by atoms with Gasteiger partial charge in [-0.3, -0.25) is 9.59 Å². The summed E-state index contributed by atoms with van der Waals surface area (Å²) >= 11 is 0. The lowest BCUT2D eigenvalue weighted by Crippen LogP contribution is -3.06. The monoisotopic (exact) mass is 383 g/mol. The molecule has 1 aliphatic heterocycles. The number of likely N-dealkylation sites (N-methyl/N-ethyl adjacent to an activating group) is 1. The van der Waals surface area contributed by atoms with Crippen LogP contribution in [0.15, 0.2) is 54.1 Å². The Morgan fingerprint density at radius 1 is 1.07 bits per heavy atom. The number of aliphatic hydroxyl groups excluding tert-OH is 1. The molecule has 0 saturated carbocycles. The first kappa shape index (κ1) is 19.8. The van der Waals surface area contributed by atoms with E-state index in [1.54, 1.807) is 0 Å². The number of hydrogen-bond acceptors (Lipinski definition) is 3. The van der Waals surface area contributed by atoms with Crippen LogP contribution in [-0.4, -0.2) is 48.9 Å². The summed E-state index contributed by atoms with van der Waals surface area (Å²) < 4.78 is 13.3. The zero-order valence-electron chi connectivity index (χ0n) is 16.2. The molecule has 6 heteroatoms. The molecule has 2 aromatic rings. The van der Waals surface area contributed by atoms with Gasteiger partial charge in [0.15, 0.2) is 0 Å². The predicted octanol–water partition coefficient (Wildman–Crippen LogP) is 1.70. The number of rotatable bonds is 5. The fourth-order valence-electron chi connectivity index (χ4n) is 3.31. The summed E-state index contributed by atoms with van der Waals surface area (Å²) in [6.07, 6.45) is 0. The highest BCUT2D eigenvalue weighted by Gasteiger charge is 2.46. The minimum absolute atomic E-state index is 0.0363. The maximum Gasteiger partial charge on any atom is 0.295 e. The van der Waals surface area contributed by atoms with Crippen molar-refractivity contribution in [3.8, 4) is 0 Å². The van der Waals surface area contributed by atoms with E-state index in [-0.39, 0.29) is 11.3 Å². The maximum atomic E-state index is 13.3. The molecule has 0 aromatic heterocycles. The topological polar surface area (TPSA) is 62.0 Å². The average Bonchev–Trinajstić information content (AvgIpc) is 2.91. The standard InChI is InChI=1S/C22H23FN2O3/c1-14-4-6-15(7-5-14)19-18(20(26)16-8-10-17(23)11-9-16)21(27)22(28)25(19)13-12-24(2)3/h4-11,19,26H,12-13H2,1-3H3/p+1/t19-/m1/s1. The van der Waals surface area contributed by atoms with E-state index in [0.717, 1.165) is 16.0 Å². The largest absolute Gasteiger partial charge is 0.507 e. The molecule has 1 saturated heterocycles. The molecular weight excluding hydrogens is 359 g/mol. The molecule has 0 unspecified atom stereocenters. The molecule has 3 rings (SSSR count). The number of nitrogens with one attached hydrogen (secondary N) is 1. The number of ketones is 1. The molecule has 1 fully saturated rings. The van der Waals surface area contributed by atoms with Crippen molar-refractivity contribution in [1.82, 2.24) is 4.90 Å². The van der Waals surface area contributed by atoms with Crippen LogP contribution >= 0.6 is 0 Å². The number of benzene rings is 2. The van der Waals surface area contributed by atoms with Crippen LogP contribution in [-0.2, 0) is 9.59 Å². The second kappa shape index (κ2) is 7.94. The summed E-state index contributed by atoms with van der Waals surface area (Å²) in [7, 11) is 3.94. The van der Waals surface area contributed by atoms with Crippen molar-refractivity contribution in [3.63, 3.8) is 0 Å². The Balaban J connectivity index is 2.13.